The van der Waals surface area contributed by atoms with E-state index in [2.05, 4.69) is 53.2 Å². The molecular weight excluding hydrogens is 286 g/mol. The van der Waals surface area contributed by atoms with Gasteiger partial charge in [-0.25, -0.2) is 0 Å². The zero-order chi connectivity index (χ0) is 16.1. The molecule has 2 fully saturated rings. The van der Waals surface area contributed by atoms with Gasteiger partial charge in [-0.2, -0.15) is 0 Å². The molecule has 0 bridgehead atoms. The van der Waals surface area contributed by atoms with Gasteiger partial charge in [0.1, 0.15) is 0 Å². The molecule has 0 amide bonds. The van der Waals surface area contributed by atoms with Gasteiger partial charge in [-0.05, 0) is 17.0 Å². The van der Waals surface area contributed by atoms with E-state index in [9.17, 15) is 0 Å². The first kappa shape index (κ1) is 16.9. The second-order valence-corrected chi connectivity index (χ2v) is 7.04. The molecular formula is C19H31N3O. The summed E-state index contributed by atoms with van der Waals surface area (Å²) in [6.45, 7) is 14.0. The second-order valence-electron chi connectivity index (χ2n) is 7.04. The van der Waals surface area contributed by atoms with E-state index in [1.54, 1.807) is 0 Å². The fourth-order valence-electron chi connectivity index (χ4n) is 3.56. The van der Waals surface area contributed by atoms with Crippen LogP contribution in [0, 0.1) is 0 Å². The average Bonchev–Trinajstić information content (AvgIpc) is 2.61. The SMILES string of the molecule is CC(C)c1ccc(C(CN2CCNCC2)N2CCOCC2)cc1. The molecule has 2 heterocycles. The Morgan fingerprint density at radius 2 is 1.57 bits per heavy atom. The van der Waals surface area contributed by atoms with E-state index in [1.165, 1.54) is 11.1 Å². The number of ether oxygens (including phenoxy) is 1. The summed E-state index contributed by atoms with van der Waals surface area (Å²) in [6, 6.07) is 9.80. The van der Waals surface area contributed by atoms with Gasteiger partial charge in [-0.15, -0.1) is 0 Å². The first-order valence-corrected chi connectivity index (χ1v) is 9.09. The normalized spacial score (nSPS) is 22.4. The number of benzene rings is 1. The van der Waals surface area contributed by atoms with Crippen molar-refractivity contribution in [2.75, 3.05) is 59.0 Å². The van der Waals surface area contributed by atoms with Gasteiger partial charge in [0.2, 0.25) is 0 Å². The van der Waals surface area contributed by atoms with Gasteiger partial charge >= 0.3 is 0 Å². The number of nitrogens with one attached hydrogen (secondary N) is 1. The summed E-state index contributed by atoms with van der Waals surface area (Å²) < 4.78 is 5.56. The number of piperazine rings is 1. The third-order valence-electron chi connectivity index (χ3n) is 5.12. The Kier molecular flexibility index (Phi) is 6.06. The minimum atomic E-state index is 0.484. The maximum atomic E-state index is 5.56. The highest BCUT2D eigenvalue weighted by Gasteiger charge is 2.25. The quantitative estimate of drug-likeness (QED) is 0.900. The van der Waals surface area contributed by atoms with Crippen LogP contribution in [0.1, 0.15) is 36.9 Å². The van der Waals surface area contributed by atoms with Crippen molar-refractivity contribution in [1.29, 1.82) is 0 Å². The summed E-state index contributed by atoms with van der Waals surface area (Å²) in [5.74, 6) is 0.596. The zero-order valence-corrected chi connectivity index (χ0v) is 14.6. The molecule has 0 spiro atoms. The molecule has 1 aromatic carbocycles. The monoisotopic (exact) mass is 317 g/mol. The van der Waals surface area contributed by atoms with Gasteiger partial charge in [0.15, 0.2) is 0 Å². The Morgan fingerprint density at radius 3 is 2.17 bits per heavy atom. The van der Waals surface area contributed by atoms with Crippen LogP contribution in [0.2, 0.25) is 0 Å². The van der Waals surface area contributed by atoms with Crippen molar-refractivity contribution in [3.05, 3.63) is 35.4 Å². The standard InChI is InChI=1S/C19H31N3O/c1-16(2)17-3-5-18(6-4-17)19(22-11-13-23-14-12-22)15-21-9-7-20-8-10-21/h3-6,16,19-20H,7-15H2,1-2H3. The lowest BCUT2D eigenvalue weighted by Gasteiger charge is -2.39. The van der Waals surface area contributed by atoms with Crippen molar-refractivity contribution in [1.82, 2.24) is 15.1 Å². The molecule has 3 rings (SSSR count). The molecule has 1 unspecified atom stereocenters. The van der Waals surface area contributed by atoms with E-state index in [4.69, 9.17) is 4.74 Å². The van der Waals surface area contributed by atoms with E-state index in [0.29, 0.717) is 12.0 Å². The van der Waals surface area contributed by atoms with E-state index < -0.39 is 0 Å². The van der Waals surface area contributed by atoms with Crippen LogP contribution in [0.25, 0.3) is 0 Å². The molecule has 0 saturated carbocycles. The summed E-state index contributed by atoms with van der Waals surface area (Å²) >= 11 is 0. The van der Waals surface area contributed by atoms with E-state index in [0.717, 1.165) is 59.0 Å². The first-order valence-electron chi connectivity index (χ1n) is 9.09. The Balaban J connectivity index is 1.75. The lowest BCUT2D eigenvalue weighted by atomic mass is 9.97. The van der Waals surface area contributed by atoms with Crippen molar-refractivity contribution in [2.24, 2.45) is 0 Å². The van der Waals surface area contributed by atoms with Gasteiger partial charge in [-0.3, -0.25) is 9.80 Å². The largest absolute Gasteiger partial charge is 0.379 e. The maximum Gasteiger partial charge on any atom is 0.0594 e. The molecule has 0 aromatic heterocycles. The maximum absolute atomic E-state index is 5.56. The fraction of sp³-hybridized carbons (Fsp3) is 0.684. The van der Waals surface area contributed by atoms with Crippen molar-refractivity contribution >= 4 is 0 Å². The number of hydrogen-bond acceptors (Lipinski definition) is 4. The van der Waals surface area contributed by atoms with Crippen LogP contribution in [-0.2, 0) is 4.74 Å². The minimum absolute atomic E-state index is 0.484. The van der Waals surface area contributed by atoms with Crippen LogP contribution in [0.3, 0.4) is 0 Å². The van der Waals surface area contributed by atoms with Crippen LogP contribution < -0.4 is 5.32 Å². The summed E-state index contributed by atoms with van der Waals surface area (Å²) in [5.41, 5.74) is 2.88. The molecule has 128 valence electrons. The van der Waals surface area contributed by atoms with Gasteiger partial charge in [0, 0.05) is 51.9 Å². The Labute approximate surface area is 140 Å². The molecule has 0 radical (unpaired) electrons. The first-order chi connectivity index (χ1) is 11.2. The Morgan fingerprint density at radius 1 is 0.957 bits per heavy atom. The van der Waals surface area contributed by atoms with Crippen molar-refractivity contribution in [3.8, 4) is 0 Å². The lowest BCUT2D eigenvalue weighted by Crippen LogP contribution is -2.49. The Hall–Kier alpha value is -0.940. The fourth-order valence-corrected chi connectivity index (χ4v) is 3.56. The van der Waals surface area contributed by atoms with E-state index in [1.807, 2.05) is 0 Å². The highest BCUT2D eigenvalue weighted by atomic mass is 16.5. The van der Waals surface area contributed by atoms with Gasteiger partial charge in [0.05, 0.1) is 13.2 Å². The highest BCUT2D eigenvalue weighted by Crippen LogP contribution is 2.25. The van der Waals surface area contributed by atoms with Crippen LogP contribution in [-0.4, -0.2) is 68.8 Å². The summed E-state index contributed by atoms with van der Waals surface area (Å²) in [7, 11) is 0. The average molecular weight is 317 g/mol. The summed E-state index contributed by atoms with van der Waals surface area (Å²) in [5, 5.41) is 3.45. The van der Waals surface area contributed by atoms with Gasteiger partial charge in [-0.1, -0.05) is 38.1 Å². The molecule has 4 heteroatoms. The minimum Gasteiger partial charge on any atom is -0.379 e. The van der Waals surface area contributed by atoms with Gasteiger partial charge in [0.25, 0.3) is 0 Å². The molecule has 1 atom stereocenters. The predicted molar refractivity (Wildman–Crippen MR) is 95.0 cm³/mol. The highest BCUT2D eigenvalue weighted by molar-refractivity contribution is 5.27. The van der Waals surface area contributed by atoms with Crippen molar-refractivity contribution in [2.45, 2.75) is 25.8 Å². The number of hydrogen-bond donors (Lipinski definition) is 1. The van der Waals surface area contributed by atoms with E-state index >= 15 is 0 Å². The third kappa shape index (κ3) is 4.54. The Bertz CT molecular complexity index is 462. The lowest BCUT2D eigenvalue weighted by molar-refractivity contribution is 0.00668. The predicted octanol–water partition coefficient (Wildman–Crippen LogP) is 2.09. The zero-order valence-electron chi connectivity index (χ0n) is 14.6. The molecule has 4 nitrogen and oxygen atoms in total. The smallest absolute Gasteiger partial charge is 0.0594 e. The summed E-state index contributed by atoms with van der Waals surface area (Å²) in [6.07, 6.45) is 0. The summed E-state index contributed by atoms with van der Waals surface area (Å²) in [4.78, 5) is 5.21. The number of rotatable bonds is 5. The molecule has 0 aliphatic carbocycles. The molecule has 23 heavy (non-hydrogen) atoms. The second kappa shape index (κ2) is 8.25. The van der Waals surface area contributed by atoms with Crippen LogP contribution >= 0.6 is 0 Å². The number of nitrogens with zero attached hydrogens (tertiary/aromatic N) is 2. The number of morpholine rings is 1. The third-order valence-corrected chi connectivity index (χ3v) is 5.12. The van der Waals surface area contributed by atoms with Gasteiger partial charge < -0.3 is 10.1 Å². The molecule has 2 aliphatic rings. The van der Waals surface area contributed by atoms with E-state index in [-0.39, 0.29) is 0 Å². The van der Waals surface area contributed by atoms with Crippen molar-refractivity contribution in [3.63, 3.8) is 0 Å². The molecule has 2 saturated heterocycles. The topological polar surface area (TPSA) is 27.7 Å². The van der Waals surface area contributed by atoms with Crippen LogP contribution in [0.5, 0.6) is 0 Å². The molecule has 1 N–H and O–H groups in total. The van der Waals surface area contributed by atoms with Crippen LogP contribution in [0.4, 0.5) is 0 Å². The molecule has 2 aliphatic heterocycles. The van der Waals surface area contributed by atoms with Crippen molar-refractivity contribution < 1.29 is 4.74 Å². The molecule has 1 aromatic rings. The van der Waals surface area contributed by atoms with Crippen LogP contribution in [0.15, 0.2) is 24.3 Å².